The number of pyridine rings is 1. The van der Waals surface area contributed by atoms with Gasteiger partial charge in [0.05, 0.1) is 18.3 Å². The number of rotatable bonds is 7. The summed E-state index contributed by atoms with van der Waals surface area (Å²) in [6, 6.07) is 18.8. The summed E-state index contributed by atoms with van der Waals surface area (Å²) in [6.45, 7) is 9.08. The fourth-order valence-corrected chi connectivity index (χ4v) is 4.68. The quantitative estimate of drug-likeness (QED) is 0.302. The molecule has 1 N–H and O–H groups in total. The molecule has 190 valence electrons. The fourth-order valence-electron chi connectivity index (χ4n) is 4.55. The summed E-state index contributed by atoms with van der Waals surface area (Å²) in [5.41, 5.74) is 2.88. The third kappa shape index (κ3) is 5.35. The number of nitrogens with one attached hydrogen (secondary N) is 1. The number of aromatic amines is 1. The molecular formula is C28H29ClN6O2. The van der Waals surface area contributed by atoms with E-state index in [-0.39, 0.29) is 5.56 Å². The lowest BCUT2D eigenvalue weighted by atomic mass is 10.00. The van der Waals surface area contributed by atoms with E-state index in [0.29, 0.717) is 29.5 Å². The molecule has 0 saturated carbocycles. The van der Waals surface area contributed by atoms with Gasteiger partial charge in [-0.2, -0.15) is 0 Å². The van der Waals surface area contributed by atoms with Gasteiger partial charge in [-0.25, -0.2) is 4.68 Å². The Bertz CT molecular complexity index is 1570. The van der Waals surface area contributed by atoms with Crippen LogP contribution in [0.15, 0.2) is 76.1 Å². The maximum atomic E-state index is 13.6. The molecule has 0 aliphatic rings. The van der Waals surface area contributed by atoms with Crippen molar-refractivity contribution < 1.29 is 4.42 Å². The minimum Gasteiger partial charge on any atom is -0.468 e. The van der Waals surface area contributed by atoms with Crippen molar-refractivity contribution in [2.45, 2.75) is 52.4 Å². The standard InChI is InChI=1S/C28H29ClN6O2/c1-18-7-12-24-20(14-18)15-23(27(36)30-24)25(26-31-32-33-35(26)28(2,3)4)34(17-22-6-5-13-37-22)16-19-8-10-21(29)11-9-19/h5-15,25H,16-17H2,1-4H3,(H,30,36). The zero-order valence-electron chi connectivity index (χ0n) is 21.3. The number of H-pyrrole nitrogens is 1. The minimum absolute atomic E-state index is 0.189. The van der Waals surface area contributed by atoms with Crippen molar-refractivity contribution >= 4 is 22.5 Å². The summed E-state index contributed by atoms with van der Waals surface area (Å²) in [6.07, 6.45) is 1.65. The first-order chi connectivity index (χ1) is 17.7. The Balaban J connectivity index is 1.72. The van der Waals surface area contributed by atoms with Crippen molar-refractivity contribution in [2.24, 2.45) is 0 Å². The third-order valence-electron chi connectivity index (χ3n) is 6.30. The van der Waals surface area contributed by atoms with Crippen molar-refractivity contribution in [2.75, 3.05) is 0 Å². The van der Waals surface area contributed by atoms with E-state index in [4.69, 9.17) is 16.0 Å². The first-order valence-electron chi connectivity index (χ1n) is 12.1. The Morgan fingerprint density at radius 3 is 2.57 bits per heavy atom. The number of hydrogen-bond donors (Lipinski definition) is 1. The van der Waals surface area contributed by atoms with Gasteiger partial charge in [0.15, 0.2) is 5.82 Å². The lowest BCUT2D eigenvalue weighted by molar-refractivity contribution is 0.171. The molecule has 0 fully saturated rings. The number of benzene rings is 2. The molecule has 3 aromatic heterocycles. The van der Waals surface area contributed by atoms with Crippen LogP contribution in [0.5, 0.6) is 0 Å². The number of halogens is 1. The summed E-state index contributed by atoms with van der Waals surface area (Å²) in [5.74, 6) is 1.34. The van der Waals surface area contributed by atoms with Crippen LogP contribution in [0.1, 0.15) is 55.1 Å². The van der Waals surface area contributed by atoms with Gasteiger partial charge in [0.25, 0.3) is 5.56 Å². The SMILES string of the molecule is Cc1ccc2[nH]c(=O)c(C(c3nnnn3C(C)(C)C)N(Cc3ccc(Cl)cc3)Cc3ccco3)cc2c1. The molecule has 5 rings (SSSR count). The van der Waals surface area contributed by atoms with Gasteiger partial charge in [-0.15, -0.1) is 5.10 Å². The fraction of sp³-hybridized carbons (Fsp3) is 0.286. The molecule has 1 unspecified atom stereocenters. The molecule has 1 atom stereocenters. The molecule has 0 bridgehead atoms. The minimum atomic E-state index is -0.566. The number of fused-ring (bicyclic) bond motifs is 1. The molecule has 0 saturated heterocycles. The number of furan rings is 1. The number of hydrogen-bond acceptors (Lipinski definition) is 6. The van der Waals surface area contributed by atoms with Crippen LogP contribution < -0.4 is 5.56 Å². The normalized spacial score (nSPS) is 12.9. The molecule has 0 spiro atoms. The van der Waals surface area contributed by atoms with Gasteiger partial charge in [-0.1, -0.05) is 35.4 Å². The van der Waals surface area contributed by atoms with Crippen LogP contribution in [0, 0.1) is 6.92 Å². The summed E-state index contributed by atoms with van der Waals surface area (Å²) >= 11 is 6.16. The van der Waals surface area contributed by atoms with E-state index in [1.54, 1.807) is 10.9 Å². The van der Waals surface area contributed by atoms with Crippen molar-refractivity contribution in [3.8, 4) is 0 Å². The maximum Gasteiger partial charge on any atom is 0.253 e. The third-order valence-corrected chi connectivity index (χ3v) is 6.55. The number of tetrazole rings is 1. The van der Waals surface area contributed by atoms with E-state index in [0.717, 1.165) is 27.8 Å². The molecule has 3 heterocycles. The van der Waals surface area contributed by atoms with Gasteiger partial charge in [0.2, 0.25) is 0 Å². The van der Waals surface area contributed by atoms with Gasteiger partial charge >= 0.3 is 0 Å². The largest absolute Gasteiger partial charge is 0.468 e. The Morgan fingerprint density at radius 2 is 1.86 bits per heavy atom. The molecule has 37 heavy (non-hydrogen) atoms. The van der Waals surface area contributed by atoms with Crippen LogP contribution in [0.2, 0.25) is 5.02 Å². The average molecular weight is 517 g/mol. The number of nitrogens with zero attached hydrogens (tertiary/aromatic N) is 5. The molecule has 9 heteroatoms. The van der Waals surface area contributed by atoms with Crippen LogP contribution in [0.4, 0.5) is 0 Å². The highest BCUT2D eigenvalue weighted by atomic mass is 35.5. The Morgan fingerprint density at radius 1 is 1.08 bits per heavy atom. The van der Waals surface area contributed by atoms with Gasteiger partial charge in [0, 0.05) is 22.6 Å². The van der Waals surface area contributed by atoms with E-state index in [9.17, 15) is 4.79 Å². The Hall–Kier alpha value is -3.75. The predicted octanol–water partition coefficient (Wildman–Crippen LogP) is 5.62. The van der Waals surface area contributed by atoms with Gasteiger partial charge in [-0.3, -0.25) is 9.69 Å². The zero-order valence-corrected chi connectivity index (χ0v) is 22.0. The second-order valence-corrected chi connectivity index (χ2v) is 10.7. The summed E-state index contributed by atoms with van der Waals surface area (Å²) < 4.78 is 7.52. The zero-order chi connectivity index (χ0) is 26.2. The first-order valence-corrected chi connectivity index (χ1v) is 12.5. The van der Waals surface area contributed by atoms with E-state index in [1.807, 2.05) is 82.3 Å². The average Bonchev–Trinajstić information content (AvgIpc) is 3.54. The van der Waals surface area contributed by atoms with Crippen molar-refractivity contribution in [3.05, 3.63) is 111 Å². The second kappa shape index (κ2) is 9.95. The first kappa shape index (κ1) is 24.9. The van der Waals surface area contributed by atoms with Gasteiger partial charge < -0.3 is 9.40 Å². The highest BCUT2D eigenvalue weighted by molar-refractivity contribution is 6.30. The molecular weight excluding hydrogens is 488 g/mol. The molecule has 0 amide bonds. The molecule has 0 radical (unpaired) electrons. The van der Waals surface area contributed by atoms with E-state index in [1.165, 1.54) is 0 Å². The highest BCUT2D eigenvalue weighted by Gasteiger charge is 2.34. The van der Waals surface area contributed by atoms with Crippen molar-refractivity contribution in [1.29, 1.82) is 0 Å². The lowest BCUT2D eigenvalue weighted by Crippen LogP contribution is -2.37. The summed E-state index contributed by atoms with van der Waals surface area (Å²) in [5, 5.41) is 14.4. The van der Waals surface area contributed by atoms with Crippen LogP contribution in [0.3, 0.4) is 0 Å². The van der Waals surface area contributed by atoms with Crippen LogP contribution in [-0.4, -0.2) is 30.1 Å². The molecule has 0 aliphatic heterocycles. The van der Waals surface area contributed by atoms with E-state index in [2.05, 4.69) is 31.5 Å². The molecule has 8 nitrogen and oxygen atoms in total. The number of aryl methyl sites for hydroxylation is 1. The van der Waals surface area contributed by atoms with Crippen LogP contribution in [0.25, 0.3) is 10.9 Å². The Labute approximate surface area is 219 Å². The predicted molar refractivity (Wildman–Crippen MR) is 143 cm³/mol. The number of aromatic nitrogens is 5. The lowest BCUT2D eigenvalue weighted by Gasteiger charge is -2.32. The maximum absolute atomic E-state index is 13.6. The Kier molecular flexibility index (Phi) is 6.70. The highest BCUT2D eigenvalue weighted by Crippen LogP contribution is 2.32. The van der Waals surface area contributed by atoms with Gasteiger partial charge in [0.1, 0.15) is 11.8 Å². The van der Waals surface area contributed by atoms with Gasteiger partial charge in [-0.05, 0) is 91.5 Å². The second-order valence-electron chi connectivity index (χ2n) is 10.3. The molecule has 5 aromatic rings. The van der Waals surface area contributed by atoms with Crippen LogP contribution >= 0.6 is 11.6 Å². The van der Waals surface area contributed by atoms with E-state index >= 15 is 0 Å². The van der Waals surface area contributed by atoms with E-state index < -0.39 is 11.6 Å². The molecule has 0 aliphatic carbocycles. The molecule has 2 aromatic carbocycles. The summed E-state index contributed by atoms with van der Waals surface area (Å²) in [7, 11) is 0. The van der Waals surface area contributed by atoms with Crippen molar-refractivity contribution in [3.63, 3.8) is 0 Å². The smallest absolute Gasteiger partial charge is 0.253 e. The summed E-state index contributed by atoms with van der Waals surface area (Å²) in [4.78, 5) is 18.8. The van der Waals surface area contributed by atoms with Crippen LogP contribution in [-0.2, 0) is 18.6 Å². The topological polar surface area (TPSA) is 92.8 Å². The van der Waals surface area contributed by atoms with Crippen molar-refractivity contribution in [1.82, 2.24) is 30.1 Å². The monoisotopic (exact) mass is 516 g/mol.